The second kappa shape index (κ2) is 3.43. The van der Waals surface area contributed by atoms with Crippen molar-refractivity contribution in [1.82, 2.24) is 0 Å². The Morgan fingerprint density at radius 1 is 1.42 bits per heavy atom. The molecule has 0 atom stereocenters. The number of halogens is 1. The Kier molecular flexibility index (Phi) is 2.72. The first-order chi connectivity index (χ1) is 5.52. The maximum absolute atomic E-state index is 10.7. The molecular weight excluding hydrogens is 267 g/mol. The predicted molar refractivity (Wildman–Crippen MR) is 55.6 cm³/mol. The van der Waals surface area contributed by atoms with E-state index in [2.05, 4.69) is 22.6 Å². The lowest BCUT2D eigenvalue weighted by atomic mass is 10.1. The van der Waals surface area contributed by atoms with Crippen molar-refractivity contribution in [2.45, 2.75) is 13.8 Å². The van der Waals surface area contributed by atoms with Gasteiger partial charge < -0.3 is 5.11 Å². The summed E-state index contributed by atoms with van der Waals surface area (Å²) in [4.78, 5) is 10.7. The predicted octanol–water partition coefficient (Wildman–Crippen LogP) is 2.61. The van der Waals surface area contributed by atoms with Crippen molar-refractivity contribution in [2.75, 3.05) is 0 Å². The Hall–Kier alpha value is -0.580. The molecule has 0 aliphatic heterocycles. The van der Waals surface area contributed by atoms with Gasteiger partial charge in [0.05, 0.1) is 5.56 Å². The van der Waals surface area contributed by atoms with E-state index in [4.69, 9.17) is 5.11 Å². The molecule has 0 radical (unpaired) electrons. The molecule has 0 saturated heterocycles. The molecule has 2 nitrogen and oxygen atoms in total. The normalized spacial score (nSPS) is 9.92. The molecule has 0 spiro atoms. The molecule has 0 aliphatic rings. The molecule has 0 heterocycles. The SMILES string of the molecule is Cc1cc(I)c(C)c(C(=O)O)c1. The van der Waals surface area contributed by atoms with Crippen LogP contribution >= 0.6 is 22.6 Å². The summed E-state index contributed by atoms with van der Waals surface area (Å²) < 4.78 is 1.00. The zero-order valence-corrected chi connectivity index (χ0v) is 9.05. The number of rotatable bonds is 1. The number of carboxylic acid groups (broad SMARTS) is 1. The van der Waals surface area contributed by atoms with E-state index in [1.807, 2.05) is 19.9 Å². The molecule has 0 bridgehead atoms. The second-order valence-electron chi connectivity index (χ2n) is 2.72. The molecule has 1 rings (SSSR count). The molecule has 0 amide bonds. The molecule has 0 saturated carbocycles. The molecule has 0 unspecified atom stereocenters. The van der Waals surface area contributed by atoms with Gasteiger partial charge in [-0.3, -0.25) is 0 Å². The quantitative estimate of drug-likeness (QED) is 0.800. The van der Waals surface area contributed by atoms with Crippen LogP contribution in [0.1, 0.15) is 21.5 Å². The van der Waals surface area contributed by atoms with Crippen molar-refractivity contribution < 1.29 is 9.90 Å². The molecule has 0 aliphatic carbocycles. The van der Waals surface area contributed by atoms with Crippen LogP contribution in [0.25, 0.3) is 0 Å². The number of aryl methyl sites for hydroxylation is 1. The Balaban J connectivity index is 3.37. The summed E-state index contributed by atoms with van der Waals surface area (Å²) in [5, 5.41) is 8.81. The van der Waals surface area contributed by atoms with Crippen molar-refractivity contribution in [3.63, 3.8) is 0 Å². The fraction of sp³-hybridized carbons (Fsp3) is 0.222. The van der Waals surface area contributed by atoms with Gasteiger partial charge in [-0.15, -0.1) is 0 Å². The molecule has 1 aromatic rings. The first-order valence-corrected chi connectivity index (χ1v) is 4.60. The topological polar surface area (TPSA) is 37.3 Å². The molecule has 1 N–H and O–H groups in total. The molecule has 0 fully saturated rings. The molecular formula is C9H9IO2. The summed E-state index contributed by atoms with van der Waals surface area (Å²) in [7, 11) is 0. The number of hydrogen-bond acceptors (Lipinski definition) is 1. The van der Waals surface area contributed by atoms with Gasteiger partial charge in [0.1, 0.15) is 0 Å². The Morgan fingerprint density at radius 2 is 2.00 bits per heavy atom. The van der Waals surface area contributed by atoms with Gasteiger partial charge in [-0.25, -0.2) is 4.79 Å². The highest BCUT2D eigenvalue weighted by Crippen LogP contribution is 2.18. The van der Waals surface area contributed by atoms with Crippen LogP contribution in [-0.2, 0) is 0 Å². The highest BCUT2D eigenvalue weighted by molar-refractivity contribution is 14.1. The minimum Gasteiger partial charge on any atom is -0.478 e. The number of carboxylic acids is 1. The monoisotopic (exact) mass is 276 g/mol. The number of benzene rings is 1. The highest BCUT2D eigenvalue weighted by atomic mass is 127. The van der Waals surface area contributed by atoms with E-state index < -0.39 is 5.97 Å². The van der Waals surface area contributed by atoms with E-state index in [1.165, 1.54) is 0 Å². The molecule has 3 heteroatoms. The Morgan fingerprint density at radius 3 is 2.50 bits per heavy atom. The van der Waals surface area contributed by atoms with Crippen LogP contribution in [0.2, 0.25) is 0 Å². The summed E-state index contributed by atoms with van der Waals surface area (Å²) in [5.41, 5.74) is 2.23. The fourth-order valence-corrected chi connectivity index (χ4v) is 1.82. The van der Waals surface area contributed by atoms with Gasteiger partial charge in [-0.05, 0) is 59.7 Å². The smallest absolute Gasteiger partial charge is 0.335 e. The first-order valence-electron chi connectivity index (χ1n) is 3.52. The van der Waals surface area contributed by atoms with Crippen LogP contribution < -0.4 is 0 Å². The fourth-order valence-electron chi connectivity index (χ4n) is 1.04. The number of aromatic carboxylic acids is 1. The maximum Gasteiger partial charge on any atom is 0.335 e. The van der Waals surface area contributed by atoms with E-state index in [0.29, 0.717) is 5.56 Å². The van der Waals surface area contributed by atoms with E-state index in [0.717, 1.165) is 14.7 Å². The number of hydrogen-bond donors (Lipinski definition) is 1. The molecule has 12 heavy (non-hydrogen) atoms. The van der Waals surface area contributed by atoms with Crippen LogP contribution in [0, 0.1) is 17.4 Å². The maximum atomic E-state index is 10.7. The average molecular weight is 276 g/mol. The minimum atomic E-state index is -0.853. The van der Waals surface area contributed by atoms with Crippen molar-refractivity contribution >= 4 is 28.6 Å². The van der Waals surface area contributed by atoms with Crippen LogP contribution in [-0.4, -0.2) is 11.1 Å². The summed E-state index contributed by atoms with van der Waals surface area (Å²) in [6.07, 6.45) is 0. The van der Waals surface area contributed by atoms with Crippen LogP contribution in [0.5, 0.6) is 0 Å². The third-order valence-electron chi connectivity index (χ3n) is 1.72. The van der Waals surface area contributed by atoms with E-state index in [-0.39, 0.29) is 0 Å². The van der Waals surface area contributed by atoms with Crippen molar-refractivity contribution in [3.05, 3.63) is 32.4 Å². The van der Waals surface area contributed by atoms with Crippen LogP contribution in [0.4, 0.5) is 0 Å². The first kappa shape index (κ1) is 9.51. The molecule has 1 aromatic carbocycles. The third kappa shape index (κ3) is 1.77. The zero-order chi connectivity index (χ0) is 9.30. The van der Waals surface area contributed by atoms with Gasteiger partial charge in [0.15, 0.2) is 0 Å². The highest BCUT2D eigenvalue weighted by Gasteiger charge is 2.09. The van der Waals surface area contributed by atoms with E-state index in [9.17, 15) is 4.79 Å². The Labute approximate surface area is 84.7 Å². The van der Waals surface area contributed by atoms with E-state index >= 15 is 0 Å². The zero-order valence-electron chi connectivity index (χ0n) is 6.89. The summed E-state index contributed by atoms with van der Waals surface area (Å²) in [5.74, 6) is -0.853. The van der Waals surface area contributed by atoms with Gasteiger partial charge in [0.2, 0.25) is 0 Å². The molecule has 64 valence electrons. The van der Waals surface area contributed by atoms with Gasteiger partial charge in [-0.1, -0.05) is 0 Å². The van der Waals surface area contributed by atoms with E-state index in [1.54, 1.807) is 6.07 Å². The molecule has 0 aromatic heterocycles. The van der Waals surface area contributed by atoms with Crippen LogP contribution in [0.15, 0.2) is 12.1 Å². The lowest BCUT2D eigenvalue weighted by molar-refractivity contribution is 0.0696. The summed E-state index contributed by atoms with van der Waals surface area (Å²) in [6.45, 7) is 3.72. The van der Waals surface area contributed by atoms with Gasteiger partial charge >= 0.3 is 5.97 Å². The van der Waals surface area contributed by atoms with Crippen molar-refractivity contribution in [1.29, 1.82) is 0 Å². The minimum absolute atomic E-state index is 0.402. The lowest BCUT2D eigenvalue weighted by Gasteiger charge is -2.04. The van der Waals surface area contributed by atoms with Gasteiger partial charge in [0.25, 0.3) is 0 Å². The van der Waals surface area contributed by atoms with Gasteiger partial charge in [-0.2, -0.15) is 0 Å². The average Bonchev–Trinajstić information content (AvgIpc) is 1.96. The third-order valence-corrected chi connectivity index (χ3v) is 2.84. The largest absolute Gasteiger partial charge is 0.478 e. The van der Waals surface area contributed by atoms with Crippen LogP contribution in [0.3, 0.4) is 0 Å². The number of carbonyl (C=O) groups is 1. The van der Waals surface area contributed by atoms with Crippen molar-refractivity contribution in [2.24, 2.45) is 0 Å². The summed E-state index contributed by atoms with van der Waals surface area (Å²) >= 11 is 2.15. The van der Waals surface area contributed by atoms with Crippen molar-refractivity contribution in [3.8, 4) is 0 Å². The second-order valence-corrected chi connectivity index (χ2v) is 3.89. The Bertz CT molecular complexity index is 332. The lowest BCUT2D eigenvalue weighted by Crippen LogP contribution is -2.01. The van der Waals surface area contributed by atoms with Gasteiger partial charge in [0, 0.05) is 3.57 Å². The standard InChI is InChI=1S/C9H9IO2/c1-5-3-7(9(11)12)6(2)8(10)4-5/h3-4H,1-2H3,(H,11,12). The summed E-state index contributed by atoms with van der Waals surface area (Å²) in [6, 6.07) is 3.67.